The summed E-state index contributed by atoms with van der Waals surface area (Å²) < 4.78 is 5.05. The maximum absolute atomic E-state index is 12.3. The smallest absolute Gasteiger partial charge is 0.227 e. The Bertz CT molecular complexity index is 824. The molecule has 3 rings (SSSR count). The first kappa shape index (κ1) is 16.8. The molecule has 0 saturated carbocycles. The Labute approximate surface area is 146 Å². The summed E-state index contributed by atoms with van der Waals surface area (Å²) in [5.74, 6) is 0.402. The standard InChI is InChI=1S/C20H19NO4/c1-25-19-13-14(5-11-18(19)23)4-10-17(22)15-6-8-16(9-7-15)21-12-2-3-20(21)24/h4-11,13,23H,2-3,12H2,1H3. The van der Waals surface area contributed by atoms with Crippen LogP contribution in [0, 0.1) is 0 Å². The number of benzene rings is 2. The molecule has 0 spiro atoms. The molecule has 1 aliphatic rings. The van der Waals surface area contributed by atoms with Crippen LogP contribution in [0.5, 0.6) is 11.5 Å². The molecule has 25 heavy (non-hydrogen) atoms. The summed E-state index contributed by atoms with van der Waals surface area (Å²) in [7, 11) is 1.47. The van der Waals surface area contributed by atoms with E-state index >= 15 is 0 Å². The van der Waals surface area contributed by atoms with Crippen molar-refractivity contribution in [3.05, 3.63) is 59.7 Å². The fourth-order valence-electron chi connectivity index (χ4n) is 2.79. The van der Waals surface area contributed by atoms with Crippen molar-refractivity contribution in [3.8, 4) is 11.5 Å². The van der Waals surface area contributed by atoms with E-state index in [9.17, 15) is 14.7 Å². The quantitative estimate of drug-likeness (QED) is 0.670. The Morgan fingerprint density at radius 2 is 1.96 bits per heavy atom. The molecule has 5 heteroatoms. The van der Waals surface area contributed by atoms with Crippen molar-refractivity contribution in [1.82, 2.24) is 0 Å². The summed E-state index contributed by atoms with van der Waals surface area (Å²) in [5.41, 5.74) is 2.13. The molecule has 0 unspecified atom stereocenters. The van der Waals surface area contributed by atoms with Gasteiger partial charge in [0, 0.05) is 24.2 Å². The molecule has 2 aromatic rings. The highest BCUT2D eigenvalue weighted by molar-refractivity contribution is 6.07. The van der Waals surface area contributed by atoms with E-state index in [1.54, 1.807) is 47.4 Å². The molecule has 0 atom stereocenters. The normalized spacial score (nSPS) is 14.3. The van der Waals surface area contributed by atoms with E-state index in [2.05, 4.69) is 0 Å². The second kappa shape index (κ2) is 7.21. The molecule has 0 bridgehead atoms. The summed E-state index contributed by atoms with van der Waals surface area (Å²) in [5, 5.41) is 9.58. The number of phenolic OH excluding ortho intramolecular Hbond substituents is 1. The molecule has 1 amide bonds. The molecule has 0 aliphatic carbocycles. The minimum absolute atomic E-state index is 0.0537. The summed E-state index contributed by atoms with van der Waals surface area (Å²) in [6, 6.07) is 11.9. The van der Waals surface area contributed by atoms with Gasteiger partial charge in [0.1, 0.15) is 0 Å². The fraction of sp³-hybridized carbons (Fsp3) is 0.200. The van der Waals surface area contributed by atoms with E-state index in [1.165, 1.54) is 19.3 Å². The van der Waals surface area contributed by atoms with Crippen molar-refractivity contribution < 1.29 is 19.4 Å². The average Bonchev–Trinajstić information content (AvgIpc) is 3.07. The lowest BCUT2D eigenvalue weighted by molar-refractivity contribution is -0.117. The highest BCUT2D eigenvalue weighted by Crippen LogP contribution is 2.27. The van der Waals surface area contributed by atoms with Crippen LogP contribution in [0.25, 0.3) is 6.08 Å². The first-order valence-corrected chi connectivity index (χ1v) is 8.08. The summed E-state index contributed by atoms with van der Waals surface area (Å²) in [4.78, 5) is 25.8. The maximum atomic E-state index is 12.3. The lowest BCUT2D eigenvalue weighted by Crippen LogP contribution is -2.23. The number of hydrogen-bond donors (Lipinski definition) is 1. The predicted molar refractivity (Wildman–Crippen MR) is 96.1 cm³/mol. The summed E-state index contributed by atoms with van der Waals surface area (Å²) >= 11 is 0. The minimum Gasteiger partial charge on any atom is -0.504 e. The molecule has 1 aliphatic heterocycles. The van der Waals surface area contributed by atoms with Crippen molar-refractivity contribution in [2.75, 3.05) is 18.6 Å². The SMILES string of the molecule is COc1cc(C=CC(=O)c2ccc(N3CCCC3=O)cc2)ccc1O. The Morgan fingerprint density at radius 3 is 2.60 bits per heavy atom. The highest BCUT2D eigenvalue weighted by Gasteiger charge is 2.21. The molecule has 0 aromatic heterocycles. The molecule has 128 valence electrons. The number of amides is 1. The van der Waals surface area contributed by atoms with Crippen molar-refractivity contribution in [2.24, 2.45) is 0 Å². The third-order valence-corrected chi connectivity index (χ3v) is 4.17. The number of carbonyl (C=O) groups excluding carboxylic acids is 2. The molecular formula is C20H19NO4. The number of rotatable bonds is 5. The van der Waals surface area contributed by atoms with Gasteiger partial charge in [0.05, 0.1) is 7.11 Å². The van der Waals surface area contributed by atoms with Crippen LogP contribution in [0.2, 0.25) is 0 Å². The number of phenols is 1. The Hall–Kier alpha value is -3.08. The predicted octanol–water partition coefficient (Wildman–Crippen LogP) is 3.42. The Kier molecular flexibility index (Phi) is 4.84. The number of ketones is 1. The van der Waals surface area contributed by atoms with Gasteiger partial charge in [-0.3, -0.25) is 9.59 Å². The molecule has 5 nitrogen and oxygen atoms in total. The third kappa shape index (κ3) is 3.71. The Balaban J connectivity index is 1.71. The van der Waals surface area contributed by atoms with Gasteiger partial charge in [-0.1, -0.05) is 12.1 Å². The van der Waals surface area contributed by atoms with Crippen LogP contribution in [-0.4, -0.2) is 30.5 Å². The van der Waals surface area contributed by atoms with Crippen LogP contribution in [-0.2, 0) is 4.79 Å². The second-order valence-corrected chi connectivity index (χ2v) is 5.82. The number of ether oxygens (including phenoxy) is 1. The first-order valence-electron chi connectivity index (χ1n) is 8.08. The monoisotopic (exact) mass is 337 g/mol. The van der Waals surface area contributed by atoms with Gasteiger partial charge in [0.15, 0.2) is 17.3 Å². The van der Waals surface area contributed by atoms with Crippen LogP contribution < -0.4 is 9.64 Å². The van der Waals surface area contributed by atoms with E-state index in [-0.39, 0.29) is 17.4 Å². The van der Waals surface area contributed by atoms with Crippen LogP contribution in [0.4, 0.5) is 5.69 Å². The number of hydrogen-bond acceptors (Lipinski definition) is 4. The average molecular weight is 337 g/mol. The second-order valence-electron chi connectivity index (χ2n) is 5.82. The zero-order chi connectivity index (χ0) is 17.8. The van der Waals surface area contributed by atoms with Crippen molar-refractivity contribution >= 4 is 23.5 Å². The van der Waals surface area contributed by atoms with Gasteiger partial charge in [-0.2, -0.15) is 0 Å². The van der Waals surface area contributed by atoms with Gasteiger partial charge in [0.2, 0.25) is 5.91 Å². The molecule has 0 radical (unpaired) electrons. The van der Waals surface area contributed by atoms with Gasteiger partial charge in [-0.25, -0.2) is 0 Å². The molecule has 2 aromatic carbocycles. The number of methoxy groups -OCH3 is 1. The number of nitrogens with zero attached hydrogens (tertiary/aromatic N) is 1. The molecule has 1 fully saturated rings. The first-order chi connectivity index (χ1) is 12.1. The van der Waals surface area contributed by atoms with Gasteiger partial charge in [-0.05, 0) is 54.5 Å². The largest absolute Gasteiger partial charge is 0.504 e. The lowest BCUT2D eigenvalue weighted by atomic mass is 10.1. The molecule has 1 N–H and O–H groups in total. The van der Waals surface area contributed by atoms with Crippen molar-refractivity contribution in [1.29, 1.82) is 0 Å². The third-order valence-electron chi connectivity index (χ3n) is 4.17. The van der Waals surface area contributed by atoms with Crippen molar-refractivity contribution in [2.45, 2.75) is 12.8 Å². The van der Waals surface area contributed by atoms with Gasteiger partial charge < -0.3 is 14.7 Å². The lowest BCUT2D eigenvalue weighted by Gasteiger charge is -2.15. The number of allylic oxidation sites excluding steroid dienone is 1. The van der Waals surface area contributed by atoms with Gasteiger partial charge in [-0.15, -0.1) is 0 Å². The van der Waals surface area contributed by atoms with Crippen LogP contribution in [0.15, 0.2) is 48.5 Å². The van der Waals surface area contributed by atoms with E-state index in [0.717, 1.165) is 24.2 Å². The van der Waals surface area contributed by atoms with Gasteiger partial charge >= 0.3 is 0 Å². The maximum Gasteiger partial charge on any atom is 0.227 e. The molecule has 1 heterocycles. The minimum atomic E-state index is -0.133. The summed E-state index contributed by atoms with van der Waals surface area (Å²) in [6.45, 7) is 0.731. The van der Waals surface area contributed by atoms with E-state index in [0.29, 0.717) is 17.7 Å². The Morgan fingerprint density at radius 1 is 1.20 bits per heavy atom. The topological polar surface area (TPSA) is 66.8 Å². The molecular weight excluding hydrogens is 318 g/mol. The van der Waals surface area contributed by atoms with Crippen molar-refractivity contribution in [3.63, 3.8) is 0 Å². The fourth-order valence-corrected chi connectivity index (χ4v) is 2.79. The van der Waals surface area contributed by atoms with E-state index in [4.69, 9.17) is 4.74 Å². The van der Waals surface area contributed by atoms with Crippen LogP contribution in [0.3, 0.4) is 0 Å². The van der Waals surface area contributed by atoms with Crippen LogP contribution >= 0.6 is 0 Å². The number of anilines is 1. The van der Waals surface area contributed by atoms with Gasteiger partial charge in [0.25, 0.3) is 0 Å². The van der Waals surface area contributed by atoms with E-state index in [1.807, 2.05) is 0 Å². The zero-order valence-electron chi connectivity index (χ0n) is 13.9. The van der Waals surface area contributed by atoms with Crippen LogP contribution in [0.1, 0.15) is 28.8 Å². The van der Waals surface area contributed by atoms with E-state index < -0.39 is 0 Å². The number of aromatic hydroxyl groups is 1. The highest BCUT2D eigenvalue weighted by atomic mass is 16.5. The zero-order valence-corrected chi connectivity index (χ0v) is 13.9. The number of carbonyl (C=O) groups is 2. The summed E-state index contributed by atoms with van der Waals surface area (Å²) in [6.07, 6.45) is 4.60. The molecule has 1 saturated heterocycles.